The van der Waals surface area contributed by atoms with E-state index in [0.29, 0.717) is 17.0 Å². The standard InChI is InChI=1S/C13H15ClN4.ClH/c14-12-13(16-9-5-7-15-8-6-9)18-11-4-2-1-3-10(11)17-12;/h1-4,9,15H,5-8H2,(H,16,18);1H. The third-order valence-electron chi connectivity index (χ3n) is 3.21. The topological polar surface area (TPSA) is 49.8 Å². The number of benzene rings is 1. The summed E-state index contributed by atoms with van der Waals surface area (Å²) < 4.78 is 0. The van der Waals surface area contributed by atoms with E-state index < -0.39 is 0 Å². The van der Waals surface area contributed by atoms with Gasteiger partial charge in [0.05, 0.1) is 11.0 Å². The lowest BCUT2D eigenvalue weighted by Gasteiger charge is -2.24. The molecule has 0 unspecified atom stereocenters. The zero-order valence-corrected chi connectivity index (χ0v) is 12.0. The number of aromatic nitrogens is 2. The van der Waals surface area contributed by atoms with Gasteiger partial charge in [-0.05, 0) is 38.1 Å². The van der Waals surface area contributed by atoms with E-state index in [4.69, 9.17) is 11.6 Å². The Morgan fingerprint density at radius 3 is 2.42 bits per heavy atom. The molecule has 2 aromatic rings. The molecule has 0 amide bonds. The van der Waals surface area contributed by atoms with Crippen LogP contribution in [0.5, 0.6) is 0 Å². The average molecular weight is 299 g/mol. The molecule has 0 spiro atoms. The minimum atomic E-state index is 0. The minimum Gasteiger partial charge on any atom is -0.365 e. The summed E-state index contributed by atoms with van der Waals surface area (Å²) in [5, 5.41) is 7.18. The van der Waals surface area contributed by atoms with Crippen molar-refractivity contribution in [2.75, 3.05) is 18.4 Å². The second kappa shape index (κ2) is 6.37. The van der Waals surface area contributed by atoms with Gasteiger partial charge in [0.1, 0.15) is 0 Å². The largest absolute Gasteiger partial charge is 0.365 e. The molecule has 2 heterocycles. The zero-order chi connectivity index (χ0) is 12.4. The maximum Gasteiger partial charge on any atom is 0.172 e. The third kappa shape index (κ3) is 3.26. The number of rotatable bonds is 2. The van der Waals surface area contributed by atoms with Crippen LogP contribution in [0.1, 0.15) is 12.8 Å². The normalized spacial score (nSPS) is 16.1. The van der Waals surface area contributed by atoms with Gasteiger partial charge in [0.15, 0.2) is 11.0 Å². The molecular formula is C13H16Cl2N4. The number of piperidine rings is 1. The molecule has 102 valence electrons. The van der Waals surface area contributed by atoms with Crippen LogP contribution in [0, 0.1) is 0 Å². The molecule has 1 aliphatic heterocycles. The molecule has 1 aliphatic rings. The number of nitrogens with zero attached hydrogens (tertiary/aromatic N) is 2. The highest BCUT2D eigenvalue weighted by atomic mass is 35.5. The van der Waals surface area contributed by atoms with Gasteiger partial charge in [0.2, 0.25) is 0 Å². The average Bonchev–Trinajstić information content (AvgIpc) is 2.41. The van der Waals surface area contributed by atoms with Gasteiger partial charge in [-0.25, -0.2) is 9.97 Å². The Balaban J connectivity index is 0.00000133. The molecule has 0 atom stereocenters. The summed E-state index contributed by atoms with van der Waals surface area (Å²) in [5.74, 6) is 0.697. The minimum absolute atomic E-state index is 0. The first-order valence-corrected chi connectivity index (χ1v) is 6.60. The van der Waals surface area contributed by atoms with Gasteiger partial charge in [-0.2, -0.15) is 0 Å². The highest BCUT2D eigenvalue weighted by Gasteiger charge is 2.15. The molecule has 0 bridgehead atoms. The number of nitrogens with one attached hydrogen (secondary N) is 2. The fourth-order valence-corrected chi connectivity index (χ4v) is 2.42. The molecule has 1 aromatic carbocycles. The van der Waals surface area contributed by atoms with Crippen molar-refractivity contribution in [1.82, 2.24) is 15.3 Å². The first kappa shape index (κ1) is 14.3. The van der Waals surface area contributed by atoms with Crippen molar-refractivity contribution >= 4 is 40.9 Å². The Hall–Kier alpha value is -1.10. The lowest BCUT2D eigenvalue weighted by Crippen LogP contribution is -2.35. The fourth-order valence-electron chi connectivity index (χ4n) is 2.23. The van der Waals surface area contributed by atoms with Gasteiger partial charge in [0, 0.05) is 6.04 Å². The van der Waals surface area contributed by atoms with Crippen molar-refractivity contribution in [2.24, 2.45) is 0 Å². The van der Waals surface area contributed by atoms with E-state index in [1.807, 2.05) is 24.3 Å². The quantitative estimate of drug-likeness (QED) is 0.895. The van der Waals surface area contributed by atoms with Crippen molar-refractivity contribution in [3.8, 4) is 0 Å². The molecule has 1 aromatic heterocycles. The second-order valence-corrected chi connectivity index (χ2v) is 4.88. The van der Waals surface area contributed by atoms with Crippen LogP contribution in [0.3, 0.4) is 0 Å². The van der Waals surface area contributed by atoms with Gasteiger partial charge < -0.3 is 10.6 Å². The number of halogens is 2. The molecule has 0 radical (unpaired) electrons. The van der Waals surface area contributed by atoms with Crippen molar-refractivity contribution in [3.63, 3.8) is 0 Å². The second-order valence-electron chi connectivity index (χ2n) is 4.52. The number of para-hydroxylation sites is 2. The molecular weight excluding hydrogens is 283 g/mol. The fraction of sp³-hybridized carbons (Fsp3) is 0.385. The van der Waals surface area contributed by atoms with Crippen molar-refractivity contribution < 1.29 is 0 Å². The molecule has 0 saturated carbocycles. The van der Waals surface area contributed by atoms with E-state index in [0.717, 1.165) is 37.0 Å². The van der Waals surface area contributed by atoms with E-state index >= 15 is 0 Å². The Kier molecular flexibility index (Phi) is 4.80. The Labute approximate surface area is 123 Å². The molecule has 4 nitrogen and oxygen atoms in total. The van der Waals surface area contributed by atoms with Gasteiger partial charge in [-0.3, -0.25) is 0 Å². The molecule has 0 aliphatic carbocycles. The summed E-state index contributed by atoms with van der Waals surface area (Å²) in [4.78, 5) is 8.91. The summed E-state index contributed by atoms with van der Waals surface area (Å²) in [7, 11) is 0. The molecule has 1 fully saturated rings. The number of hydrogen-bond acceptors (Lipinski definition) is 4. The van der Waals surface area contributed by atoms with Crippen LogP contribution in [0.15, 0.2) is 24.3 Å². The SMILES string of the molecule is Cl.Clc1nc2ccccc2nc1NC1CCNCC1. The molecule has 1 saturated heterocycles. The van der Waals surface area contributed by atoms with E-state index in [2.05, 4.69) is 20.6 Å². The van der Waals surface area contributed by atoms with Crippen LogP contribution in [0.25, 0.3) is 11.0 Å². The monoisotopic (exact) mass is 298 g/mol. The van der Waals surface area contributed by atoms with Crippen LogP contribution >= 0.6 is 24.0 Å². The summed E-state index contributed by atoms with van der Waals surface area (Å²) in [6.45, 7) is 2.08. The predicted octanol–water partition coefficient (Wildman–Crippen LogP) is 2.87. The maximum absolute atomic E-state index is 6.17. The predicted molar refractivity (Wildman–Crippen MR) is 81.3 cm³/mol. The zero-order valence-electron chi connectivity index (χ0n) is 10.4. The summed E-state index contributed by atoms with van der Waals surface area (Å²) in [6, 6.07) is 8.19. The smallest absolute Gasteiger partial charge is 0.172 e. The number of hydrogen-bond donors (Lipinski definition) is 2. The van der Waals surface area contributed by atoms with E-state index in [9.17, 15) is 0 Å². The van der Waals surface area contributed by atoms with Crippen LogP contribution in [-0.2, 0) is 0 Å². The van der Waals surface area contributed by atoms with Gasteiger partial charge >= 0.3 is 0 Å². The summed E-state index contributed by atoms with van der Waals surface area (Å²) in [5.41, 5.74) is 1.71. The van der Waals surface area contributed by atoms with E-state index in [1.165, 1.54) is 0 Å². The van der Waals surface area contributed by atoms with Crippen LogP contribution in [0.2, 0.25) is 5.15 Å². The van der Waals surface area contributed by atoms with E-state index in [-0.39, 0.29) is 12.4 Å². The van der Waals surface area contributed by atoms with Crippen LogP contribution in [0.4, 0.5) is 5.82 Å². The highest BCUT2D eigenvalue weighted by molar-refractivity contribution is 6.32. The van der Waals surface area contributed by atoms with Crippen LogP contribution < -0.4 is 10.6 Å². The van der Waals surface area contributed by atoms with Crippen molar-refractivity contribution in [1.29, 1.82) is 0 Å². The molecule has 2 N–H and O–H groups in total. The maximum atomic E-state index is 6.17. The Morgan fingerprint density at radius 1 is 1.11 bits per heavy atom. The molecule has 3 rings (SSSR count). The van der Waals surface area contributed by atoms with Gasteiger partial charge in [0.25, 0.3) is 0 Å². The summed E-state index contributed by atoms with van der Waals surface area (Å²) in [6.07, 6.45) is 2.18. The van der Waals surface area contributed by atoms with Gasteiger partial charge in [-0.1, -0.05) is 23.7 Å². The Bertz CT molecular complexity index is 555. The van der Waals surface area contributed by atoms with Crippen molar-refractivity contribution in [2.45, 2.75) is 18.9 Å². The lowest BCUT2D eigenvalue weighted by atomic mass is 10.1. The Morgan fingerprint density at radius 2 is 1.74 bits per heavy atom. The van der Waals surface area contributed by atoms with Crippen molar-refractivity contribution in [3.05, 3.63) is 29.4 Å². The van der Waals surface area contributed by atoms with Gasteiger partial charge in [-0.15, -0.1) is 12.4 Å². The first-order chi connectivity index (χ1) is 8.83. The third-order valence-corrected chi connectivity index (χ3v) is 3.47. The summed E-state index contributed by atoms with van der Waals surface area (Å²) >= 11 is 6.17. The lowest BCUT2D eigenvalue weighted by molar-refractivity contribution is 0.478. The van der Waals surface area contributed by atoms with E-state index in [1.54, 1.807) is 0 Å². The molecule has 19 heavy (non-hydrogen) atoms. The number of anilines is 1. The highest BCUT2D eigenvalue weighted by Crippen LogP contribution is 2.22. The number of fused-ring (bicyclic) bond motifs is 1. The first-order valence-electron chi connectivity index (χ1n) is 6.22. The van der Waals surface area contributed by atoms with Crippen LogP contribution in [-0.4, -0.2) is 29.1 Å². The molecule has 6 heteroatoms.